The summed E-state index contributed by atoms with van der Waals surface area (Å²) in [5.41, 5.74) is 0. The summed E-state index contributed by atoms with van der Waals surface area (Å²) in [4.78, 5) is 0. The van der Waals surface area contributed by atoms with Gasteiger partial charge in [0, 0.05) is 0 Å². The van der Waals surface area contributed by atoms with Gasteiger partial charge in [0.05, 0.1) is 0 Å². The summed E-state index contributed by atoms with van der Waals surface area (Å²) in [7, 11) is 0. The van der Waals surface area contributed by atoms with E-state index >= 15 is 0 Å². The fourth-order valence-electron chi connectivity index (χ4n) is 1.27. The van der Waals surface area contributed by atoms with E-state index in [0.717, 1.165) is 0 Å². The molecule has 0 aromatic heterocycles. The minimum absolute atomic E-state index is 0.251. The van der Waals surface area contributed by atoms with Crippen molar-refractivity contribution in [2.75, 3.05) is 0 Å². The van der Waals surface area contributed by atoms with Crippen LogP contribution in [0.5, 0.6) is 0 Å². The fraction of sp³-hybridized carbons (Fsp3) is 0. The summed E-state index contributed by atoms with van der Waals surface area (Å²) >= 11 is -90.7. The average molecular weight is 1270 g/mol. The summed E-state index contributed by atoms with van der Waals surface area (Å²) in [5, 5.41) is 0. The van der Waals surface area contributed by atoms with Gasteiger partial charge in [-0.25, -0.2) is 0 Å². The normalized spacial score (nSPS) is 26.5. The molecule has 0 heterocycles. The van der Waals surface area contributed by atoms with E-state index in [1.807, 2.05) is 0 Å². The van der Waals surface area contributed by atoms with E-state index in [1.165, 1.54) is 0 Å². The van der Waals surface area contributed by atoms with Crippen molar-refractivity contribution in [2.24, 2.45) is 0 Å². The van der Waals surface area contributed by atoms with Gasteiger partial charge in [0.15, 0.2) is 0 Å². The Bertz CT molecular complexity index is 772. The molecule has 0 aliphatic heterocycles. The van der Waals surface area contributed by atoms with Crippen LogP contribution in [0.1, 0.15) is 0 Å². The van der Waals surface area contributed by atoms with Gasteiger partial charge in [0.1, 0.15) is 0 Å². The Hall–Kier alpha value is 2.56. The second-order valence-corrected chi connectivity index (χ2v) is 47.0. The summed E-state index contributed by atoms with van der Waals surface area (Å²) in [5.74, 6) is 0. The van der Waals surface area contributed by atoms with E-state index in [9.17, 15) is 72.3 Å². The Morgan fingerprint density at radius 1 is 0.222 bits per heavy atom. The van der Waals surface area contributed by atoms with Crippen molar-refractivity contribution in [3.8, 4) is 0 Å². The van der Waals surface area contributed by atoms with Gasteiger partial charge in [-0.05, 0) is 0 Å². The van der Waals surface area contributed by atoms with Crippen molar-refractivity contribution in [1.29, 1.82) is 0 Å². The first-order chi connectivity index (χ1) is 13.2. The minimum atomic E-state index is -15.1. The van der Waals surface area contributed by atoms with Gasteiger partial charge < -0.3 is 0 Å². The Kier molecular flexibility index (Phi) is 6.27. The van der Waals surface area contributed by atoms with Crippen LogP contribution in [-0.2, 0) is 10.5 Å². The molecule has 0 unspecified atom stereocenters. The van der Waals surface area contributed by atoms with Crippen molar-refractivity contribution in [3.05, 3.63) is 0 Å². The molecule has 5 nitrogen and oxygen atoms in total. The molecule has 0 rings (SSSR count). The van der Waals surface area contributed by atoms with E-state index in [4.69, 9.17) is 0 Å². The summed E-state index contributed by atoms with van der Waals surface area (Å²) < 4.78 is 310. The van der Waals surface area contributed by atoms with Crippen LogP contribution in [0, 0.1) is 0 Å². The van der Waals surface area contributed by atoms with Crippen LogP contribution < -0.4 is 0 Å². The zero-order valence-corrected chi connectivity index (χ0v) is 27.5. The molecular weight excluding hydrogens is 1270 g/mol. The number of hydrogen-bond donors (Lipinski definition) is 0. The fourth-order valence-corrected chi connectivity index (χ4v) is 69.1. The van der Waals surface area contributed by atoms with Gasteiger partial charge in [0.25, 0.3) is 0 Å². The second-order valence-electron chi connectivity index (χ2n) is 5.61. The van der Waals surface area contributed by atoms with E-state index in [-0.39, 0.29) is 10.5 Å². The average Bonchev–Trinajstić information content (AvgIpc) is 1.75. The molecule has 0 atom stereocenters. The van der Waals surface area contributed by atoms with E-state index in [0.29, 0.717) is 0 Å². The van der Waals surface area contributed by atoms with Crippen LogP contribution >= 0.6 is 0 Å². The SMILES string of the molecule is F[Te](F)(F)(F)(F)O[As](O[Te](F)(F)(F)(F)F)(O[Te](F)(F)(F)(F)F)(O[Te](F)(F)(F)(F)F)O[Te](F)(F)(F)(F)F. The Balaban J connectivity index is 8.92. The Morgan fingerprint density at radius 3 is 0.361 bits per heavy atom. The van der Waals surface area contributed by atoms with E-state index < -0.39 is 108 Å². The standard InChI is InChI=1S/AsF25O5Te5/c2-32(3,4,5,6)27-1(28-33(7,8,9,10)11,29-34(12,13,14,15)16,30-35(17,18,19,20)21)31-36(22,23,24,25)26. The Labute approximate surface area is 188 Å². The van der Waals surface area contributed by atoms with Crippen molar-refractivity contribution in [1.82, 2.24) is 0 Å². The molecule has 240 valence electrons. The van der Waals surface area contributed by atoms with Crippen LogP contribution in [-0.4, -0.2) is 108 Å². The molecule has 0 amide bonds. The van der Waals surface area contributed by atoms with Crippen LogP contribution in [0.3, 0.4) is 0 Å². The summed E-state index contributed by atoms with van der Waals surface area (Å²) in [6.07, 6.45) is 0. The van der Waals surface area contributed by atoms with Gasteiger partial charge in [-0.2, -0.15) is 0 Å². The third kappa shape index (κ3) is 20.4. The first-order valence-corrected chi connectivity index (χ1v) is 36.2. The zero-order chi connectivity index (χ0) is 31.0. The predicted octanol–water partition coefficient (Wildman–Crippen LogP) is 7.88. The van der Waals surface area contributed by atoms with Gasteiger partial charge in [0.2, 0.25) is 0 Å². The molecule has 0 saturated carbocycles. The molecule has 0 N–H and O–H groups in total. The molecule has 0 bridgehead atoms. The molecule has 0 spiro atoms. The van der Waals surface area contributed by atoms with Crippen molar-refractivity contribution in [3.63, 3.8) is 0 Å². The molecule has 0 radical (unpaired) electrons. The molecule has 0 aromatic carbocycles. The third-order valence-electron chi connectivity index (χ3n) is 1.31. The van der Waals surface area contributed by atoms with Gasteiger partial charge in [-0.15, -0.1) is 0 Å². The molecule has 0 fully saturated rings. The number of hydrogen-bond acceptors (Lipinski definition) is 5. The van der Waals surface area contributed by atoms with Gasteiger partial charge >= 0.3 is 190 Å². The maximum absolute atomic E-state index is 15.1. The molecule has 0 aromatic rings. The molecule has 36 heavy (non-hydrogen) atoms. The van der Waals surface area contributed by atoms with Crippen molar-refractivity contribution < 1.29 is 82.8 Å². The predicted molar refractivity (Wildman–Crippen MR) is 67.6 cm³/mol. The monoisotopic (exact) mass is 1280 g/mol. The summed E-state index contributed by atoms with van der Waals surface area (Å²) in [6, 6.07) is 0. The molecule has 36 heteroatoms. The maximum atomic E-state index is 12.5. The summed E-state index contributed by atoms with van der Waals surface area (Å²) in [6.45, 7) is 0. The van der Waals surface area contributed by atoms with Crippen molar-refractivity contribution >= 4 is 108 Å². The van der Waals surface area contributed by atoms with Crippen LogP contribution in [0.2, 0.25) is 0 Å². The van der Waals surface area contributed by atoms with Gasteiger partial charge in [-0.3, -0.25) is 0 Å². The molecular formula is AsF25O5Te5. The molecule has 0 saturated heterocycles. The molecule has 0 aliphatic rings. The number of halogens is 25. The third-order valence-corrected chi connectivity index (χ3v) is 45.8. The zero-order valence-electron chi connectivity index (χ0n) is 14.0. The van der Waals surface area contributed by atoms with E-state index in [2.05, 4.69) is 0 Å². The second kappa shape index (κ2) is 5.86. The molecule has 0 aliphatic carbocycles. The topological polar surface area (TPSA) is 46.2 Å². The van der Waals surface area contributed by atoms with Crippen LogP contribution in [0.4, 0.5) is 72.3 Å². The van der Waals surface area contributed by atoms with Gasteiger partial charge in [-0.1, -0.05) is 0 Å². The number of rotatable bonds is 10. The van der Waals surface area contributed by atoms with Crippen molar-refractivity contribution in [2.45, 2.75) is 0 Å². The quantitative estimate of drug-likeness (QED) is 0.165. The van der Waals surface area contributed by atoms with Crippen LogP contribution in [0.25, 0.3) is 0 Å². The first kappa shape index (κ1) is 38.6. The van der Waals surface area contributed by atoms with Crippen LogP contribution in [0.15, 0.2) is 0 Å². The first-order valence-electron chi connectivity index (χ1n) is 5.60. The Morgan fingerprint density at radius 2 is 0.306 bits per heavy atom. The van der Waals surface area contributed by atoms with E-state index in [1.54, 1.807) is 0 Å².